The molecule has 0 spiro atoms. The van der Waals surface area contributed by atoms with Gasteiger partial charge in [-0.25, -0.2) is 4.79 Å². The van der Waals surface area contributed by atoms with Crippen LogP contribution in [-0.4, -0.2) is 75.8 Å². The number of carboxylic acid groups (broad SMARTS) is 1. The molecule has 1 aromatic carbocycles. The minimum Gasteiger partial charge on any atom is -0.508 e. The van der Waals surface area contributed by atoms with E-state index in [0.29, 0.717) is 31.4 Å². The number of aliphatic carboxylic acids is 1. The third-order valence-electron chi connectivity index (χ3n) is 5.61. The van der Waals surface area contributed by atoms with Crippen LogP contribution in [-0.2, 0) is 25.6 Å². The fourth-order valence-corrected chi connectivity index (χ4v) is 3.41. The lowest BCUT2D eigenvalue weighted by atomic mass is 10.00. The summed E-state index contributed by atoms with van der Waals surface area (Å²) in [6.45, 7) is 5.09. The summed E-state index contributed by atoms with van der Waals surface area (Å²) in [6.07, 6.45) is 0.334. The molecule has 0 aliphatic carbocycles. The zero-order chi connectivity index (χ0) is 27.4. The summed E-state index contributed by atoms with van der Waals surface area (Å²) in [5.41, 5.74) is 11.9. The molecular formula is C24H39N5O7. The van der Waals surface area contributed by atoms with Gasteiger partial charge >= 0.3 is 5.97 Å². The summed E-state index contributed by atoms with van der Waals surface area (Å²) >= 11 is 0. The van der Waals surface area contributed by atoms with Crippen molar-refractivity contribution in [2.75, 3.05) is 6.54 Å². The maximum Gasteiger partial charge on any atom is 0.326 e. The Morgan fingerprint density at radius 3 is 1.94 bits per heavy atom. The molecule has 0 aliphatic rings. The van der Waals surface area contributed by atoms with Gasteiger partial charge in [-0.15, -0.1) is 0 Å². The number of amides is 3. The quantitative estimate of drug-likeness (QED) is 0.135. The second kappa shape index (κ2) is 15.0. The molecule has 1 rings (SSSR count). The van der Waals surface area contributed by atoms with Crippen molar-refractivity contribution in [3.8, 4) is 5.75 Å². The predicted molar refractivity (Wildman–Crippen MR) is 133 cm³/mol. The second-order valence-corrected chi connectivity index (χ2v) is 9.12. The molecule has 0 bridgehead atoms. The lowest BCUT2D eigenvalue weighted by Crippen LogP contribution is -2.60. The van der Waals surface area contributed by atoms with E-state index >= 15 is 0 Å². The van der Waals surface area contributed by atoms with Crippen LogP contribution in [0.5, 0.6) is 5.75 Å². The van der Waals surface area contributed by atoms with E-state index in [1.54, 1.807) is 13.8 Å². The van der Waals surface area contributed by atoms with Gasteiger partial charge in [0.1, 0.15) is 23.9 Å². The molecule has 36 heavy (non-hydrogen) atoms. The third kappa shape index (κ3) is 10.2. The van der Waals surface area contributed by atoms with Crippen molar-refractivity contribution in [3.63, 3.8) is 0 Å². The molecular weight excluding hydrogens is 470 g/mol. The minimum absolute atomic E-state index is 0.0218. The highest BCUT2D eigenvalue weighted by Gasteiger charge is 2.33. The molecule has 0 aliphatic heterocycles. The van der Waals surface area contributed by atoms with E-state index in [0.717, 1.165) is 0 Å². The summed E-state index contributed by atoms with van der Waals surface area (Å²) in [7, 11) is 0. The second-order valence-electron chi connectivity index (χ2n) is 9.12. The summed E-state index contributed by atoms with van der Waals surface area (Å²) in [4.78, 5) is 50.0. The predicted octanol–water partition coefficient (Wildman–Crippen LogP) is -1.03. The van der Waals surface area contributed by atoms with Crippen LogP contribution in [0.3, 0.4) is 0 Å². The van der Waals surface area contributed by atoms with E-state index in [1.807, 2.05) is 0 Å². The molecule has 12 nitrogen and oxygen atoms in total. The summed E-state index contributed by atoms with van der Waals surface area (Å²) in [6, 6.07) is 1.18. The van der Waals surface area contributed by atoms with Crippen LogP contribution in [0.25, 0.3) is 0 Å². The minimum atomic E-state index is -1.38. The Labute approximate surface area is 210 Å². The van der Waals surface area contributed by atoms with E-state index in [1.165, 1.54) is 31.2 Å². The molecule has 0 aromatic heterocycles. The number of hydrogen-bond donors (Lipinski definition) is 8. The molecule has 0 saturated carbocycles. The van der Waals surface area contributed by atoms with Crippen LogP contribution < -0.4 is 27.4 Å². The molecule has 3 amide bonds. The number of aromatic hydroxyl groups is 1. The number of carboxylic acids is 1. The Morgan fingerprint density at radius 2 is 1.44 bits per heavy atom. The van der Waals surface area contributed by atoms with Crippen molar-refractivity contribution in [2.45, 2.75) is 76.7 Å². The SMILES string of the molecule is CC(C)C(NC(=O)C(NC(=O)C(N)CCCCN)C(C)O)C(=O)NC(Cc1ccc(O)cc1)C(=O)O. The molecule has 1 aromatic rings. The van der Waals surface area contributed by atoms with Crippen LogP contribution in [0.4, 0.5) is 0 Å². The zero-order valence-electron chi connectivity index (χ0n) is 20.9. The highest BCUT2D eigenvalue weighted by molar-refractivity contribution is 5.94. The number of unbranched alkanes of at least 4 members (excludes halogenated alkanes) is 1. The van der Waals surface area contributed by atoms with Crippen LogP contribution >= 0.6 is 0 Å². The number of nitrogens with two attached hydrogens (primary N) is 2. The van der Waals surface area contributed by atoms with Crippen molar-refractivity contribution in [1.82, 2.24) is 16.0 Å². The maximum atomic E-state index is 12.9. The highest BCUT2D eigenvalue weighted by Crippen LogP contribution is 2.12. The molecule has 0 radical (unpaired) electrons. The number of rotatable bonds is 15. The van der Waals surface area contributed by atoms with Gasteiger partial charge in [0.05, 0.1) is 12.1 Å². The first kappa shape index (κ1) is 30.8. The number of aliphatic hydroxyl groups excluding tert-OH is 1. The van der Waals surface area contributed by atoms with Crippen molar-refractivity contribution >= 4 is 23.7 Å². The fraction of sp³-hybridized carbons (Fsp3) is 0.583. The van der Waals surface area contributed by atoms with Gasteiger partial charge in [-0.1, -0.05) is 32.4 Å². The lowest BCUT2D eigenvalue weighted by Gasteiger charge is -2.28. The van der Waals surface area contributed by atoms with Gasteiger partial charge in [-0.2, -0.15) is 0 Å². The molecule has 0 heterocycles. The van der Waals surface area contributed by atoms with Crippen LogP contribution in [0.15, 0.2) is 24.3 Å². The number of nitrogens with one attached hydrogen (secondary N) is 3. The number of aliphatic hydroxyl groups is 1. The molecule has 5 unspecified atom stereocenters. The Hall–Kier alpha value is -3.22. The molecule has 0 fully saturated rings. The van der Waals surface area contributed by atoms with Crippen molar-refractivity contribution in [1.29, 1.82) is 0 Å². The Bertz CT molecular complexity index is 876. The van der Waals surface area contributed by atoms with Crippen molar-refractivity contribution in [2.24, 2.45) is 17.4 Å². The van der Waals surface area contributed by atoms with Gasteiger partial charge in [0.15, 0.2) is 0 Å². The van der Waals surface area contributed by atoms with Gasteiger partial charge in [-0.05, 0) is 49.9 Å². The number of phenolic OH excluding ortho intramolecular Hbond substituents is 1. The van der Waals surface area contributed by atoms with E-state index in [-0.39, 0.29) is 12.2 Å². The van der Waals surface area contributed by atoms with E-state index in [2.05, 4.69) is 16.0 Å². The summed E-state index contributed by atoms with van der Waals surface area (Å²) in [5, 5.41) is 36.4. The van der Waals surface area contributed by atoms with Gasteiger partial charge in [0.2, 0.25) is 17.7 Å². The van der Waals surface area contributed by atoms with Gasteiger partial charge < -0.3 is 42.7 Å². The molecule has 10 N–H and O–H groups in total. The number of hydrogen-bond acceptors (Lipinski definition) is 8. The fourth-order valence-electron chi connectivity index (χ4n) is 3.41. The van der Waals surface area contributed by atoms with Crippen molar-refractivity contribution in [3.05, 3.63) is 29.8 Å². The third-order valence-corrected chi connectivity index (χ3v) is 5.61. The van der Waals surface area contributed by atoms with Crippen LogP contribution in [0.1, 0.15) is 45.6 Å². The zero-order valence-corrected chi connectivity index (χ0v) is 20.9. The average Bonchev–Trinajstić information content (AvgIpc) is 2.80. The first-order valence-corrected chi connectivity index (χ1v) is 11.9. The van der Waals surface area contributed by atoms with Crippen LogP contribution in [0.2, 0.25) is 0 Å². The Kier molecular flexibility index (Phi) is 12.9. The lowest BCUT2D eigenvalue weighted by molar-refractivity contribution is -0.142. The van der Waals surface area contributed by atoms with E-state index in [4.69, 9.17) is 11.5 Å². The largest absolute Gasteiger partial charge is 0.508 e. The number of phenols is 1. The number of carbonyl (C=O) groups is 4. The highest BCUT2D eigenvalue weighted by atomic mass is 16.4. The number of benzene rings is 1. The van der Waals surface area contributed by atoms with Gasteiger partial charge in [-0.3, -0.25) is 14.4 Å². The molecule has 5 atom stereocenters. The standard InChI is InChI=1S/C24H39N5O7/c1-13(2)19(22(33)27-18(24(35)36)12-15-7-9-16(31)10-8-15)28-23(34)20(14(3)30)29-21(32)17(26)6-4-5-11-25/h7-10,13-14,17-20,30-31H,4-6,11-12,25-26H2,1-3H3,(H,27,33)(H,28,34)(H,29,32)(H,35,36). The monoisotopic (exact) mass is 509 g/mol. The first-order chi connectivity index (χ1) is 16.9. The van der Waals surface area contributed by atoms with E-state index in [9.17, 15) is 34.5 Å². The van der Waals surface area contributed by atoms with Gasteiger partial charge in [0.25, 0.3) is 0 Å². The Morgan fingerprint density at radius 1 is 0.889 bits per heavy atom. The van der Waals surface area contributed by atoms with Crippen LogP contribution in [0, 0.1) is 5.92 Å². The number of carbonyl (C=O) groups excluding carboxylic acids is 3. The topological polar surface area (TPSA) is 217 Å². The summed E-state index contributed by atoms with van der Waals surface area (Å²) < 4.78 is 0. The van der Waals surface area contributed by atoms with Gasteiger partial charge in [0, 0.05) is 6.42 Å². The summed E-state index contributed by atoms with van der Waals surface area (Å²) in [5.74, 6) is -3.87. The molecule has 12 heteroatoms. The smallest absolute Gasteiger partial charge is 0.326 e. The Balaban J connectivity index is 2.89. The molecule has 0 saturated heterocycles. The van der Waals surface area contributed by atoms with Crippen molar-refractivity contribution < 1.29 is 34.5 Å². The van der Waals surface area contributed by atoms with E-state index < -0.39 is 59.9 Å². The normalized spacial score (nSPS) is 15.3. The average molecular weight is 510 g/mol. The molecule has 202 valence electrons. The maximum absolute atomic E-state index is 12.9. The first-order valence-electron chi connectivity index (χ1n) is 11.9.